The number of carbonyl (C=O) groups excluding carboxylic acids is 4. The predicted molar refractivity (Wildman–Crippen MR) is 84.2 cm³/mol. The molecule has 146 valence electrons. The number of nitrogens with one attached hydrogen (secondary N) is 3. The van der Waals surface area contributed by atoms with Gasteiger partial charge in [0, 0.05) is 6.42 Å². The van der Waals surface area contributed by atoms with Crippen LogP contribution < -0.4 is 27.4 Å². The fraction of sp³-hybridized carbons (Fsp3) is 0.538. The van der Waals surface area contributed by atoms with Gasteiger partial charge in [-0.3, -0.25) is 24.0 Å². The van der Waals surface area contributed by atoms with E-state index >= 15 is 0 Å². The number of nitrogens with two attached hydrogens (primary N) is 2. The van der Waals surface area contributed by atoms with Gasteiger partial charge in [-0.25, -0.2) is 4.79 Å². The second kappa shape index (κ2) is 11.4. The summed E-state index contributed by atoms with van der Waals surface area (Å²) in [6, 6.07) is -2.80. The molecule has 0 aromatic carbocycles. The number of primary amides is 1. The number of hydrogen-bond acceptors (Lipinski definition) is 7. The number of carboxylic acids is 2. The number of hydrogen-bond donors (Lipinski definition) is 7. The minimum Gasteiger partial charge on any atom is -0.481 e. The lowest BCUT2D eigenvalue weighted by Crippen LogP contribution is -2.52. The Kier molecular flexibility index (Phi) is 9.95. The number of carboxylic acid groups (broad SMARTS) is 2. The molecular weight excluding hydrogens is 354 g/mol. The molecule has 0 aliphatic heterocycles. The van der Waals surface area contributed by atoms with E-state index in [1.54, 1.807) is 0 Å². The Hall–Kier alpha value is -3.22. The SMILES string of the molecule is NCC(=O)NC(CCC(=O)O)C(=O)NCC(=O)NC(CC(N)=O)C(=O)O. The van der Waals surface area contributed by atoms with E-state index in [1.165, 1.54) is 0 Å². The Morgan fingerprint density at radius 2 is 1.50 bits per heavy atom. The van der Waals surface area contributed by atoms with Gasteiger partial charge in [-0.05, 0) is 6.42 Å². The summed E-state index contributed by atoms with van der Waals surface area (Å²) in [4.78, 5) is 67.2. The van der Waals surface area contributed by atoms with Crippen molar-refractivity contribution in [1.29, 1.82) is 0 Å². The molecule has 9 N–H and O–H groups in total. The zero-order chi connectivity index (χ0) is 20.3. The first-order valence-electron chi connectivity index (χ1n) is 7.36. The molecule has 0 spiro atoms. The maximum atomic E-state index is 12.0. The first-order valence-corrected chi connectivity index (χ1v) is 7.36. The molecule has 0 fully saturated rings. The van der Waals surface area contributed by atoms with Crippen LogP contribution in [0.25, 0.3) is 0 Å². The van der Waals surface area contributed by atoms with Gasteiger partial charge < -0.3 is 37.6 Å². The van der Waals surface area contributed by atoms with Gasteiger partial charge >= 0.3 is 11.9 Å². The third-order valence-corrected chi connectivity index (χ3v) is 2.95. The lowest BCUT2D eigenvalue weighted by atomic mass is 10.1. The number of carbonyl (C=O) groups is 6. The van der Waals surface area contributed by atoms with Crippen molar-refractivity contribution in [2.45, 2.75) is 31.3 Å². The Morgan fingerprint density at radius 3 is 1.96 bits per heavy atom. The number of rotatable bonds is 12. The predicted octanol–water partition coefficient (Wildman–Crippen LogP) is -4.14. The maximum absolute atomic E-state index is 12.0. The highest BCUT2D eigenvalue weighted by atomic mass is 16.4. The van der Waals surface area contributed by atoms with Crippen molar-refractivity contribution < 1.29 is 39.0 Å². The van der Waals surface area contributed by atoms with Crippen LogP contribution in [-0.4, -0.2) is 71.0 Å². The van der Waals surface area contributed by atoms with Gasteiger partial charge in [0.05, 0.1) is 19.5 Å². The molecule has 0 aliphatic carbocycles. The summed E-state index contributed by atoms with van der Waals surface area (Å²) in [5.74, 6) is -6.11. The molecule has 2 atom stereocenters. The Balaban J connectivity index is 4.68. The molecular formula is C13H21N5O8. The second-order valence-electron chi connectivity index (χ2n) is 5.10. The molecule has 4 amide bonds. The molecule has 0 saturated carbocycles. The van der Waals surface area contributed by atoms with E-state index in [4.69, 9.17) is 21.7 Å². The molecule has 0 rings (SSSR count). The van der Waals surface area contributed by atoms with Crippen LogP contribution in [0.1, 0.15) is 19.3 Å². The van der Waals surface area contributed by atoms with Gasteiger partial charge in [-0.15, -0.1) is 0 Å². The number of amides is 4. The van der Waals surface area contributed by atoms with Crippen LogP contribution in [0, 0.1) is 0 Å². The third kappa shape index (κ3) is 9.82. The summed E-state index contributed by atoms with van der Waals surface area (Å²) in [6.07, 6.45) is -1.30. The van der Waals surface area contributed by atoms with Crippen molar-refractivity contribution >= 4 is 35.6 Å². The summed E-state index contributed by atoms with van der Waals surface area (Å²) in [6.45, 7) is -1.09. The molecule has 0 heterocycles. The van der Waals surface area contributed by atoms with E-state index in [1.807, 2.05) is 5.32 Å². The van der Waals surface area contributed by atoms with E-state index in [9.17, 15) is 28.8 Å². The first kappa shape index (κ1) is 22.8. The largest absolute Gasteiger partial charge is 0.481 e. The van der Waals surface area contributed by atoms with Crippen molar-refractivity contribution in [3.05, 3.63) is 0 Å². The minimum atomic E-state index is -1.56. The van der Waals surface area contributed by atoms with E-state index < -0.39 is 73.6 Å². The normalized spacial score (nSPS) is 12.3. The third-order valence-electron chi connectivity index (χ3n) is 2.95. The molecule has 13 nitrogen and oxygen atoms in total. The zero-order valence-corrected chi connectivity index (χ0v) is 13.7. The lowest BCUT2D eigenvalue weighted by Gasteiger charge is -2.18. The summed E-state index contributed by atoms with van der Waals surface area (Å²) in [5, 5.41) is 23.8. The van der Waals surface area contributed by atoms with Crippen molar-refractivity contribution in [2.24, 2.45) is 11.5 Å². The minimum absolute atomic E-state index is 0.242. The van der Waals surface area contributed by atoms with Gasteiger partial charge in [0.1, 0.15) is 12.1 Å². The average molecular weight is 375 g/mol. The Labute approximate surface area is 147 Å². The topological polar surface area (TPSA) is 231 Å². The molecule has 2 unspecified atom stereocenters. The van der Waals surface area contributed by atoms with E-state index in [2.05, 4.69) is 10.6 Å². The average Bonchev–Trinajstić information content (AvgIpc) is 2.54. The fourth-order valence-electron chi connectivity index (χ4n) is 1.73. The molecule has 13 heteroatoms. The molecule has 0 radical (unpaired) electrons. The highest BCUT2D eigenvalue weighted by Crippen LogP contribution is 1.98. The molecule has 0 saturated heterocycles. The van der Waals surface area contributed by atoms with Crippen molar-refractivity contribution in [3.8, 4) is 0 Å². The summed E-state index contributed by atoms with van der Waals surface area (Å²) >= 11 is 0. The van der Waals surface area contributed by atoms with Crippen LogP contribution in [0.2, 0.25) is 0 Å². The van der Waals surface area contributed by atoms with E-state index in [0.717, 1.165) is 0 Å². The van der Waals surface area contributed by atoms with Crippen LogP contribution in [0.3, 0.4) is 0 Å². The van der Waals surface area contributed by atoms with Crippen LogP contribution in [-0.2, 0) is 28.8 Å². The number of aliphatic carboxylic acids is 2. The molecule has 26 heavy (non-hydrogen) atoms. The van der Waals surface area contributed by atoms with E-state index in [-0.39, 0.29) is 6.42 Å². The smallest absolute Gasteiger partial charge is 0.326 e. The summed E-state index contributed by atoms with van der Waals surface area (Å²) in [7, 11) is 0. The highest BCUT2D eigenvalue weighted by molar-refractivity contribution is 5.93. The summed E-state index contributed by atoms with van der Waals surface area (Å²) < 4.78 is 0. The van der Waals surface area contributed by atoms with Crippen molar-refractivity contribution in [1.82, 2.24) is 16.0 Å². The zero-order valence-electron chi connectivity index (χ0n) is 13.7. The van der Waals surface area contributed by atoms with Crippen molar-refractivity contribution in [3.63, 3.8) is 0 Å². The quantitative estimate of drug-likeness (QED) is 0.175. The van der Waals surface area contributed by atoms with E-state index in [0.29, 0.717) is 0 Å². The lowest BCUT2D eigenvalue weighted by molar-refractivity contribution is -0.143. The standard InChI is InChI=1S/C13H21N5O8/c14-4-9(20)17-6(1-2-11(22)23)12(24)16-5-10(21)18-7(13(25)26)3-8(15)19/h6-7H,1-5,14H2,(H2,15,19)(H,16,24)(H,17,20)(H,18,21)(H,22,23)(H,25,26). The van der Waals surface area contributed by atoms with Crippen LogP contribution >= 0.6 is 0 Å². The highest BCUT2D eigenvalue weighted by Gasteiger charge is 2.24. The van der Waals surface area contributed by atoms with Crippen molar-refractivity contribution in [2.75, 3.05) is 13.1 Å². The monoisotopic (exact) mass is 375 g/mol. The Morgan fingerprint density at radius 1 is 0.923 bits per heavy atom. The van der Waals surface area contributed by atoms with Crippen LogP contribution in [0.5, 0.6) is 0 Å². The summed E-state index contributed by atoms with van der Waals surface area (Å²) in [5.41, 5.74) is 9.97. The second-order valence-corrected chi connectivity index (χ2v) is 5.10. The molecule has 0 aliphatic rings. The van der Waals surface area contributed by atoms with Gasteiger partial charge in [0.2, 0.25) is 23.6 Å². The molecule has 0 aromatic heterocycles. The maximum Gasteiger partial charge on any atom is 0.326 e. The Bertz CT molecular complexity index is 579. The molecule has 0 aromatic rings. The van der Waals surface area contributed by atoms with Gasteiger partial charge in [-0.1, -0.05) is 0 Å². The van der Waals surface area contributed by atoms with Gasteiger partial charge in [0.15, 0.2) is 0 Å². The van der Waals surface area contributed by atoms with Crippen LogP contribution in [0.4, 0.5) is 0 Å². The van der Waals surface area contributed by atoms with Gasteiger partial charge in [0.25, 0.3) is 0 Å². The van der Waals surface area contributed by atoms with Gasteiger partial charge in [-0.2, -0.15) is 0 Å². The molecule has 0 bridgehead atoms. The first-order chi connectivity index (χ1) is 12.1. The van der Waals surface area contributed by atoms with Crippen LogP contribution in [0.15, 0.2) is 0 Å². The fourth-order valence-corrected chi connectivity index (χ4v) is 1.73.